The molecule has 1 aliphatic heterocycles. The summed E-state index contributed by atoms with van der Waals surface area (Å²) in [5, 5.41) is 4.75. The molecule has 0 spiro atoms. The quantitative estimate of drug-likeness (QED) is 0.690. The molecule has 4 nitrogen and oxygen atoms in total. The molecule has 0 aromatic heterocycles. The Hall–Kier alpha value is -2.66. The Kier molecular flexibility index (Phi) is 3.81. The van der Waals surface area contributed by atoms with E-state index in [0.29, 0.717) is 23.4 Å². The van der Waals surface area contributed by atoms with Gasteiger partial charge in [0.25, 0.3) is 11.8 Å². The Morgan fingerprint density at radius 3 is 2.68 bits per heavy atom. The highest BCUT2D eigenvalue weighted by Crippen LogP contribution is 2.40. The van der Waals surface area contributed by atoms with Crippen LogP contribution in [0.3, 0.4) is 0 Å². The Morgan fingerprint density at radius 1 is 1.12 bits per heavy atom. The highest BCUT2D eigenvalue weighted by molar-refractivity contribution is 9.10. The molecule has 0 unspecified atom stereocenters. The first kappa shape index (κ1) is 15.8. The smallest absolute Gasteiger partial charge is 0.258 e. The lowest BCUT2D eigenvalue weighted by Gasteiger charge is -2.15. The number of nitrogens with zero attached hydrogens (tertiary/aromatic N) is 1. The molecule has 0 bridgehead atoms. The molecule has 25 heavy (non-hydrogen) atoms. The van der Waals surface area contributed by atoms with E-state index in [2.05, 4.69) is 21.2 Å². The van der Waals surface area contributed by atoms with Crippen molar-refractivity contribution in [2.24, 2.45) is 0 Å². The van der Waals surface area contributed by atoms with E-state index in [1.165, 1.54) is 0 Å². The van der Waals surface area contributed by atoms with Crippen LogP contribution in [-0.2, 0) is 0 Å². The van der Waals surface area contributed by atoms with Crippen molar-refractivity contribution >= 4 is 49.9 Å². The van der Waals surface area contributed by atoms with Gasteiger partial charge in [0.1, 0.15) is 0 Å². The van der Waals surface area contributed by atoms with Gasteiger partial charge in [-0.15, -0.1) is 0 Å². The third-order valence-corrected chi connectivity index (χ3v) is 4.93. The van der Waals surface area contributed by atoms with Crippen molar-refractivity contribution in [2.45, 2.75) is 6.92 Å². The van der Waals surface area contributed by atoms with Gasteiger partial charge in [0.15, 0.2) is 0 Å². The van der Waals surface area contributed by atoms with E-state index in [-0.39, 0.29) is 11.8 Å². The summed E-state index contributed by atoms with van der Waals surface area (Å²) in [7, 11) is 0. The summed E-state index contributed by atoms with van der Waals surface area (Å²) in [5.74, 6) is -0.169. The molecule has 0 aliphatic carbocycles. The molecule has 3 aromatic rings. The van der Waals surface area contributed by atoms with Crippen molar-refractivity contribution in [1.82, 2.24) is 0 Å². The number of anilines is 2. The summed E-state index contributed by atoms with van der Waals surface area (Å²) < 4.78 is 0.852. The molecule has 3 aromatic carbocycles. The van der Waals surface area contributed by atoms with Gasteiger partial charge >= 0.3 is 0 Å². The van der Waals surface area contributed by atoms with Gasteiger partial charge in [-0.05, 0) is 43.3 Å². The van der Waals surface area contributed by atoms with E-state index in [1.807, 2.05) is 49.4 Å². The largest absolute Gasteiger partial charge is 0.321 e. The van der Waals surface area contributed by atoms with Crippen molar-refractivity contribution in [3.05, 3.63) is 70.2 Å². The maximum absolute atomic E-state index is 12.6. The maximum atomic E-state index is 12.6. The minimum Gasteiger partial charge on any atom is -0.321 e. The van der Waals surface area contributed by atoms with Crippen LogP contribution in [0.1, 0.15) is 27.6 Å². The molecule has 0 saturated heterocycles. The lowest BCUT2D eigenvalue weighted by Crippen LogP contribution is -2.25. The molecule has 0 atom stereocenters. The van der Waals surface area contributed by atoms with Gasteiger partial charge in [0.2, 0.25) is 0 Å². The van der Waals surface area contributed by atoms with Crippen molar-refractivity contribution in [1.29, 1.82) is 0 Å². The van der Waals surface area contributed by atoms with Crippen molar-refractivity contribution in [3.63, 3.8) is 0 Å². The lowest BCUT2D eigenvalue weighted by molar-refractivity contribution is 0.0992. The molecule has 124 valence electrons. The second-order valence-corrected chi connectivity index (χ2v) is 6.79. The minimum absolute atomic E-state index is 0.0126. The average Bonchev–Trinajstić information content (AvgIpc) is 2.90. The molecule has 5 heteroatoms. The standard InChI is InChI=1S/C20H15BrN2O2/c1-2-23-17-10-9-16(14-7-4-8-15(18(14)17)20(23)25)22-19(24)12-5-3-6-13(21)11-12/h3-11H,2H2,1H3,(H,22,24). The SMILES string of the molecule is CCN1C(=O)c2cccc3c(NC(=O)c4cccc(Br)c4)ccc1c23. The molecule has 0 radical (unpaired) electrons. The van der Waals surface area contributed by atoms with Crippen molar-refractivity contribution < 1.29 is 9.59 Å². The van der Waals surface area contributed by atoms with Gasteiger partial charge in [0.05, 0.1) is 5.69 Å². The number of halogens is 1. The van der Waals surface area contributed by atoms with E-state index < -0.39 is 0 Å². The second kappa shape index (κ2) is 6.01. The number of carbonyl (C=O) groups is 2. The summed E-state index contributed by atoms with van der Waals surface area (Å²) in [5.41, 5.74) is 2.87. The number of carbonyl (C=O) groups excluding carboxylic acids is 2. The number of hydrogen-bond donors (Lipinski definition) is 1. The Balaban J connectivity index is 1.79. The van der Waals surface area contributed by atoms with Crippen LogP contribution >= 0.6 is 15.9 Å². The predicted octanol–water partition coefficient (Wildman–Crippen LogP) is 4.83. The Bertz CT molecular complexity index is 1030. The zero-order valence-electron chi connectivity index (χ0n) is 13.5. The van der Waals surface area contributed by atoms with Gasteiger partial charge in [-0.1, -0.05) is 34.1 Å². The monoisotopic (exact) mass is 394 g/mol. The number of rotatable bonds is 3. The van der Waals surface area contributed by atoms with E-state index >= 15 is 0 Å². The van der Waals surface area contributed by atoms with Crippen LogP contribution in [0.4, 0.5) is 11.4 Å². The molecule has 1 aliphatic rings. The molecule has 2 amide bonds. The minimum atomic E-state index is -0.182. The fraction of sp³-hybridized carbons (Fsp3) is 0.100. The fourth-order valence-corrected chi connectivity index (χ4v) is 3.69. The summed E-state index contributed by atoms with van der Waals surface area (Å²) in [6.07, 6.45) is 0. The second-order valence-electron chi connectivity index (χ2n) is 5.87. The van der Waals surface area contributed by atoms with Crippen LogP contribution in [0, 0.1) is 0 Å². The molecule has 0 fully saturated rings. The van der Waals surface area contributed by atoms with E-state index in [9.17, 15) is 9.59 Å². The van der Waals surface area contributed by atoms with Crippen LogP contribution in [0.15, 0.2) is 59.1 Å². The van der Waals surface area contributed by atoms with Crippen LogP contribution < -0.4 is 10.2 Å². The summed E-state index contributed by atoms with van der Waals surface area (Å²) in [4.78, 5) is 26.9. The highest BCUT2D eigenvalue weighted by atomic mass is 79.9. The first-order valence-corrected chi connectivity index (χ1v) is 8.84. The zero-order valence-corrected chi connectivity index (χ0v) is 15.1. The first-order chi connectivity index (χ1) is 12.1. The zero-order chi connectivity index (χ0) is 17.6. The van der Waals surface area contributed by atoms with Crippen LogP contribution in [-0.4, -0.2) is 18.4 Å². The van der Waals surface area contributed by atoms with Gasteiger partial charge in [-0.3, -0.25) is 9.59 Å². The number of benzene rings is 3. The molecular weight excluding hydrogens is 380 g/mol. The lowest BCUT2D eigenvalue weighted by atomic mass is 10.0. The summed E-state index contributed by atoms with van der Waals surface area (Å²) in [6.45, 7) is 2.57. The third-order valence-electron chi connectivity index (χ3n) is 4.44. The fourth-order valence-electron chi connectivity index (χ4n) is 3.29. The number of hydrogen-bond acceptors (Lipinski definition) is 2. The molecule has 4 rings (SSSR count). The topological polar surface area (TPSA) is 49.4 Å². The maximum Gasteiger partial charge on any atom is 0.258 e. The van der Waals surface area contributed by atoms with Gasteiger partial charge < -0.3 is 10.2 Å². The summed E-state index contributed by atoms with van der Waals surface area (Å²) in [6, 6.07) is 16.6. The molecular formula is C20H15BrN2O2. The van der Waals surface area contributed by atoms with Gasteiger partial charge in [0, 0.05) is 38.6 Å². The van der Waals surface area contributed by atoms with E-state index in [1.54, 1.807) is 17.0 Å². The van der Waals surface area contributed by atoms with E-state index in [4.69, 9.17) is 0 Å². The van der Waals surface area contributed by atoms with E-state index in [0.717, 1.165) is 20.9 Å². The van der Waals surface area contributed by atoms with Crippen LogP contribution in [0.2, 0.25) is 0 Å². The normalized spacial score (nSPS) is 12.7. The van der Waals surface area contributed by atoms with Gasteiger partial charge in [-0.25, -0.2) is 0 Å². The molecule has 1 N–H and O–H groups in total. The summed E-state index contributed by atoms with van der Waals surface area (Å²) >= 11 is 3.38. The average molecular weight is 395 g/mol. The first-order valence-electron chi connectivity index (χ1n) is 8.04. The molecule has 0 saturated carbocycles. The van der Waals surface area contributed by atoms with Crippen molar-refractivity contribution in [2.75, 3.05) is 16.8 Å². The van der Waals surface area contributed by atoms with Crippen LogP contribution in [0.25, 0.3) is 10.8 Å². The number of amides is 2. The third kappa shape index (κ3) is 2.51. The van der Waals surface area contributed by atoms with Gasteiger partial charge in [-0.2, -0.15) is 0 Å². The Labute approximate surface area is 153 Å². The molecule has 1 heterocycles. The predicted molar refractivity (Wildman–Crippen MR) is 103 cm³/mol. The number of nitrogens with one attached hydrogen (secondary N) is 1. The van der Waals surface area contributed by atoms with Crippen LogP contribution in [0.5, 0.6) is 0 Å². The Morgan fingerprint density at radius 2 is 1.92 bits per heavy atom. The van der Waals surface area contributed by atoms with Crippen molar-refractivity contribution in [3.8, 4) is 0 Å². The highest BCUT2D eigenvalue weighted by Gasteiger charge is 2.29.